The van der Waals surface area contributed by atoms with Crippen LogP contribution in [0.15, 0.2) is 59.7 Å². The molecule has 1 atom stereocenters. The van der Waals surface area contributed by atoms with Crippen LogP contribution in [0.4, 0.5) is 19.1 Å². The van der Waals surface area contributed by atoms with Crippen LogP contribution in [-0.4, -0.2) is 104 Å². The molecular formula is C40H48F3N9O4. The number of imide groups is 1. The lowest BCUT2D eigenvalue weighted by Crippen LogP contribution is -2.46. The number of ether oxygens (including phenoxy) is 1. The van der Waals surface area contributed by atoms with Crippen LogP contribution in [0.25, 0.3) is 33.2 Å². The van der Waals surface area contributed by atoms with E-state index in [2.05, 4.69) is 59.7 Å². The Morgan fingerprint density at radius 1 is 0.929 bits per heavy atom. The van der Waals surface area contributed by atoms with E-state index in [4.69, 9.17) is 4.74 Å². The van der Waals surface area contributed by atoms with Crippen molar-refractivity contribution in [2.75, 3.05) is 57.8 Å². The summed E-state index contributed by atoms with van der Waals surface area (Å²) in [5, 5.41) is 5.80. The van der Waals surface area contributed by atoms with Gasteiger partial charge >= 0.3 is 11.9 Å². The fraction of sp³-hybridized carbons (Fsp3) is 0.475. The third kappa shape index (κ3) is 9.48. The lowest BCUT2D eigenvalue weighted by atomic mass is 10.0. The van der Waals surface area contributed by atoms with Crippen LogP contribution in [-0.2, 0) is 34.3 Å². The highest BCUT2D eigenvalue weighted by Crippen LogP contribution is 2.29. The highest BCUT2D eigenvalue weighted by molar-refractivity contribution is 6.00. The number of imidazole rings is 1. The van der Waals surface area contributed by atoms with Crippen LogP contribution in [0.3, 0.4) is 0 Å². The maximum Gasteiger partial charge on any atom is 0.390 e. The molecule has 2 aromatic carbocycles. The maximum atomic E-state index is 13.0. The molecule has 0 radical (unpaired) electrons. The van der Waals surface area contributed by atoms with Crippen molar-refractivity contribution in [3.63, 3.8) is 0 Å². The quantitative estimate of drug-likeness (QED) is 0.0915. The van der Waals surface area contributed by atoms with E-state index in [1.165, 1.54) is 10.1 Å². The van der Waals surface area contributed by atoms with Gasteiger partial charge in [-0.2, -0.15) is 18.2 Å². The second-order valence-corrected chi connectivity index (χ2v) is 14.7. The molecule has 2 fully saturated rings. The number of aryl methyl sites for hydroxylation is 2. The second-order valence-electron chi connectivity index (χ2n) is 14.7. The summed E-state index contributed by atoms with van der Waals surface area (Å²) in [6.45, 7) is 7.16. The molecule has 0 spiro atoms. The molecule has 3 aromatic heterocycles. The van der Waals surface area contributed by atoms with Gasteiger partial charge in [0.2, 0.25) is 17.8 Å². The van der Waals surface area contributed by atoms with Gasteiger partial charge in [-0.3, -0.25) is 28.9 Å². The number of H-pyrrole nitrogens is 1. The zero-order valence-electron chi connectivity index (χ0n) is 31.5. The molecule has 7 rings (SSSR count). The smallest absolute Gasteiger partial charge is 0.381 e. The first kappa shape index (κ1) is 39.2. The number of unbranched alkanes of at least 4 members (excludes halogenated alkanes) is 1. The Hall–Kier alpha value is -5.06. The van der Waals surface area contributed by atoms with E-state index in [1.807, 2.05) is 24.4 Å². The minimum absolute atomic E-state index is 0.162. The highest BCUT2D eigenvalue weighted by Gasteiger charge is 2.31. The van der Waals surface area contributed by atoms with Crippen molar-refractivity contribution in [1.29, 1.82) is 0 Å². The molecule has 3 N–H and O–H groups in total. The van der Waals surface area contributed by atoms with Gasteiger partial charge in [0, 0.05) is 89.3 Å². The molecule has 2 aliphatic rings. The molecule has 5 aromatic rings. The number of piperazine rings is 1. The molecule has 2 amide bonds. The van der Waals surface area contributed by atoms with Crippen LogP contribution >= 0.6 is 0 Å². The van der Waals surface area contributed by atoms with Crippen molar-refractivity contribution in [2.45, 2.75) is 63.7 Å². The number of carbonyl (C=O) groups is 2. The monoisotopic (exact) mass is 775 g/mol. The first-order valence-electron chi connectivity index (χ1n) is 19.3. The van der Waals surface area contributed by atoms with Gasteiger partial charge < -0.3 is 19.9 Å². The van der Waals surface area contributed by atoms with Crippen molar-refractivity contribution in [3.05, 3.63) is 76.5 Å². The van der Waals surface area contributed by atoms with Gasteiger partial charge in [0.25, 0.3) is 0 Å². The number of anilines is 1. The van der Waals surface area contributed by atoms with Gasteiger partial charge in [0.05, 0.1) is 17.5 Å². The maximum absolute atomic E-state index is 13.0. The van der Waals surface area contributed by atoms with Gasteiger partial charge in [0.15, 0.2) is 0 Å². The molecule has 0 saturated carbocycles. The van der Waals surface area contributed by atoms with E-state index in [9.17, 15) is 27.6 Å². The highest BCUT2D eigenvalue weighted by atomic mass is 19.4. The zero-order chi connectivity index (χ0) is 39.2. The molecular weight excluding hydrogens is 727 g/mol. The Bertz CT molecular complexity index is 2200. The second kappa shape index (κ2) is 17.4. The number of aromatic amines is 1. The number of nitrogens with one attached hydrogen (secondary N) is 3. The molecule has 298 valence electrons. The fourth-order valence-corrected chi connectivity index (χ4v) is 7.58. The summed E-state index contributed by atoms with van der Waals surface area (Å²) in [4.78, 5) is 53.7. The van der Waals surface area contributed by atoms with Gasteiger partial charge in [-0.15, -0.1) is 0 Å². The van der Waals surface area contributed by atoms with Crippen molar-refractivity contribution in [1.82, 2.24) is 39.2 Å². The number of fused-ring (bicyclic) bond motifs is 2. The molecule has 2 saturated heterocycles. The van der Waals surface area contributed by atoms with Crippen molar-refractivity contribution in [3.8, 4) is 11.1 Å². The van der Waals surface area contributed by atoms with Crippen LogP contribution in [0.2, 0.25) is 0 Å². The Labute approximate surface area is 322 Å². The molecule has 13 nitrogen and oxygen atoms in total. The average Bonchev–Trinajstić information content (AvgIpc) is 3.70. The van der Waals surface area contributed by atoms with Gasteiger partial charge in [-0.05, 0) is 67.5 Å². The first-order chi connectivity index (χ1) is 27.0. The third-order valence-electron chi connectivity index (χ3n) is 10.7. The number of carbonyl (C=O) groups excluding carboxylic acids is 2. The standard InChI is InChI=1S/C40H48F3N9O4/c1-49-34-23-27(8-11-32(34)52(39(49)55)33-12-13-35(53)47-37(33)54)5-4-22-56-21-3-2-16-50-17-19-51(20-18-50)26-28-6-9-29(10-7-28)30-24-45-36-31(30)25-46-38(48-36)44-15-14-40(41,42)43/h6-11,23-25,33H,2-5,12-22,26H2,1H3,(H,47,53,54)(H2,44,45,46,48)/t33-/m0/s1. The van der Waals surface area contributed by atoms with Gasteiger partial charge in [0.1, 0.15) is 11.7 Å². The number of aromatic nitrogens is 5. The van der Waals surface area contributed by atoms with Crippen LogP contribution in [0.1, 0.15) is 55.7 Å². The minimum atomic E-state index is -4.23. The van der Waals surface area contributed by atoms with E-state index in [0.29, 0.717) is 24.2 Å². The number of hydrogen-bond acceptors (Lipinski definition) is 9. The van der Waals surface area contributed by atoms with E-state index in [1.54, 1.807) is 17.8 Å². The third-order valence-corrected chi connectivity index (χ3v) is 10.7. The summed E-state index contributed by atoms with van der Waals surface area (Å²) in [6, 6.07) is 13.7. The number of benzene rings is 2. The van der Waals surface area contributed by atoms with Crippen LogP contribution < -0.4 is 16.3 Å². The topological polar surface area (TPSA) is 142 Å². The minimum Gasteiger partial charge on any atom is -0.381 e. The molecule has 2 aliphatic heterocycles. The lowest BCUT2D eigenvalue weighted by molar-refractivity contribution is -0.136. The molecule has 0 unspecified atom stereocenters. The number of rotatable bonds is 16. The number of hydrogen-bond donors (Lipinski definition) is 3. The summed E-state index contributed by atoms with van der Waals surface area (Å²) in [6.07, 6.45) is 2.63. The van der Waals surface area contributed by atoms with E-state index in [0.717, 1.165) is 99.2 Å². The zero-order valence-corrected chi connectivity index (χ0v) is 31.5. The van der Waals surface area contributed by atoms with Gasteiger partial charge in [-0.25, -0.2) is 9.78 Å². The summed E-state index contributed by atoms with van der Waals surface area (Å²) in [5.74, 6) is -0.573. The average molecular weight is 776 g/mol. The van der Waals surface area contributed by atoms with Crippen molar-refractivity contribution >= 4 is 39.8 Å². The van der Waals surface area contributed by atoms with Crippen molar-refractivity contribution in [2.24, 2.45) is 7.05 Å². The van der Waals surface area contributed by atoms with E-state index < -0.39 is 24.5 Å². The number of piperidine rings is 1. The Balaban J connectivity index is 0.772. The Morgan fingerprint density at radius 3 is 2.45 bits per heavy atom. The predicted octanol–water partition coefficient (Wildman–Crippen LogP) is 5.17. The summed E-state index contributed by atoms with van der Waals surface area (Å²) in [5.41, 5.74) is 6.08. The SMILES string of the molecule is Cn1c(=O)n([C@H]2CCC(=O)NC2=O)c2ccc(CCCOCCCCN3CCN(Cc4ccc(-c5c[nH]c6nc(NCCC(F)(F)F)ncc56)cc4)CC3)cc21. The lowest BCUT2D eigenvalue weighted by Gasteiger charge is -2.34. The number of alkyl halides is 3. The van der Waals surface area contributed by atoms with Crippen LogP contribution in [0.5, 0.6) is 0 Å². The number of nitrogens with zero attached hydrogens (tertiary/aromatic N) is 6. The van der Waals surface area contributed by atoms with E-state index in [-0.39, 0.29) is 30.5 Å². The normalized spacial score (nSPS) is 17.2. The van der Waals surface area contributed by atoms with Crippen molar-refractivity contribution < 1.29 is 27.5 Å². The summed E-state index contributed by atoms with van der Waals surface area (Å²) < 4.78 is 46.4. The van der Waals surface area contributed by atoms with Gasteiger partial charge in [-0.1, -0.05) is 30.3 Å². The molecule has 0 aliphatic carbocycles. The fourth-order valence-electron chi connectivity index (χ4n) is 7.58. The summed E-state index contributed by atoms with van der Waals surface area (Å²) in [7, 11) is 1.71. The Kier molecular flexibility index (Phi) is 12.2. The number of amides is 2. The molecule has 16 heteroatoms. The predicted molar refractivity (Wildman–Crippen MR) is 207 cm³/mol. The summed E-state index contributed by atoms with van der Waals surface area (Å²) >= 11 is 0. The van der Waals surface area contributed by atoms with Crippen LogP contribution in [0, 0.1) is 0 Å². The molecule has 0 bridgehead atoms. The van der Waals surface area contributed by atoms with E-state index >= 15 is 0 Å². The molecule has 56 heavy (non-hydrogen) atoms. The number of halogens is 3. The molecule has 5 heterocycles. The first-order valence-corrected chi connectivity index (χ1v) is 19.3. The largest absolute Gasteiger partial charge is 0.390 e. The Morgan fingerprint density at radius 2 is 1.68 bits per heavy atom.